The van der Waals surface area contributed by atoms with Crippen LogP contribution in [-0.4, -0.2) is 23.1 Å². The van der Waals surface area contributed by atoms with Crippen LogP contribution in [0.2, 0.25) is 10.2 Å². The van der Waals surface area contributed by atoms with E-state index in [-0.39, 0.29) is 0 Å². The van der Waals surface area contributed by atoms with Gasteiger partial charge in [-0.3, -0.25) is 0 Å². The zero-order valence-corrected chi connectivity index (χ0v) is 10.0. The molecule has 0 amide bonds. The average Bonchev–Trinajstić information content (AvgIpc) is 2.16. The normalized spacial score (nSPS) is 10.4. The second-order valence-electron chi connectivity index (χ2n) is 2.89. The van der Waals surface area contributed by atoms with Crippen molar-refractivity contribution in [2.45, 2.75) is 20.8 Å². The lowest BCUT2D eigenvalue weighted by atomic mass is 10.4. The number of hydrogen-bond donors (Lipinski definition) is 0. The summed E-state index contributed by atoms with van der Waals surface area (Å²) < 4.78 is 0. The van der Waals surface area contributed by atoms with Crippen LogP contribution < -0.4 is 4.90 Å². The molecule has 0 fully saturated rings. The number of nitrogens with zero attached hydrogens (tertiary/aromatic N) is 3. The van der Waals surface area contributed by atoms with Gasteiger partial charge in [-0.25, -0.2) is 4.98 Å². The summed E-state index contributed by atoms with van der Waals surface area (Å²) in [7, 11) is 0. The SMILES string of the molecule is CCN(CC)c1nc(C)c(Cl)c(Cl)n1. The molecule has 0 radical (unpaired) electrons. The maximum atomic E-state index is 5.87. The zero-order chi connectivity index (χ0) is 10.7. The number of halogens is 2. The van der Waals surface area contributed by atoms with E-state index in [9.17, 15) is 0 Å². The first kappa shape index (κ1) is 11.5. The van der Waals surface area contributed by atoms with E-state index in [0.29, 0.717) is 21.8 Å². The molecule has 14 heavy (non-hydrogen) atoms. The van der Waals surface area contributed by atoms with Gasteiger partial charge in [-0.05, 0) is 20.8 Å². The smallest absolute Gasteiger partial charge is 0.227 e. The summed E-state index contributed by atoms with van der Waals surface area (Å²) in [6, 6.07) is 0. The summed E-state index contributed by atoms with van der Waals surface area (Å²) in [6.45, 7) is 7.63. The molecule has 0 atom stereocenters. The second-order valence-corrected chi connectivity index (χ2v) is 3.62. The van der Waals surface area contributed by atoms with Gasteiger partial charge in [0.2, 0.25) is 5.95 Å². The quantitative estimate of drug-likeness (QED) is 0.753. The Balaban J connectivity index is 3.11. The van der Waals surface area contributed by atoms with Crippen molar-refractivity contribution >= 4 is 29.2 Å². The minimum atomic E-state index is 0.320. The molecule has 1 aromatic rings. The Morgan fingerprint density at radius 1 is 1.14 bits per heavy atom. The Kier molecular flexibility index (Phi) is 3.96. The summed E-state index contributed by atoms with van der Waals surface area (Å²) in [4.78, 5) is 10.4. The second kappa shape index (κ2) is 4.80. The van der Waals surface area contributed by atoms with Crippen molar-refractivity contribution < 1.29 is 0 Å². The van der Waals surface area contributed by atoms with Gasteiger partial charge in [-0.1, -0.05) is 23.2 Å². The van der Waals surface area contributed by atoms with Crippen LogP contribution >= 0.6 is 23.2 Å². The maximum absolute atomic E-state index is 5.87. The van der Waals surface area contributed by atoms with Crippen molar-refractivity contribution in [1.29, 1.82) is 0 Å². The number of hydrogen-bond acceptors (Lipinski definition) is 3. The summed E-state index contributed by atoms with van der Waals surface area (Å²) in [6.07, 6.45) is 0. The van der Waals surface area contributed by atoms with E-state index in [2.05, 4.69) is 9.97 Å². The Morgan fingerprint density at radius 3 is 2.14 bits per heavy atom. The van der Waals surface area contributed by atoms with E-state index >= 15 is 0 Å². The molecule has 78 valence electrons. The van der Waals surface area contributed by atoms with Crippen molar-refractivity contribution in [3.63, 3.8) is 0 Å². The fourth-order valence-corrected chi connectivity index (χ4v) is 1.45. The van der Waals surface area contributed by atoms with Gasteiger partial charge in [-0.15, -0.1) is 0 Å². The fourth-order valence-electron chi connectivity index (χ4n) is 1.16. The molecule has 5 heteroatoms. The molecule has 1 heterocycles. The third kappa shape index (κ3) is 2.28. The molecule has 0 aliphatic carbocycles. The van der Waals surface area contributed by atoms with E-state index in [1.165, 1.54) is 0 Å². The summed E-state index contributed by atoms with van der Waals surface area (Å²) >= 11 is 11.7. The summed E-state index contributed by atoms with van der Waals surface area (Å²) in [5.41, 5.74) is 0.716. The first-order chi connectivity index (χ1) is 6.60. The predicted molar refractivity (Wildman–Crippen MR) is 60.4 cm³/mol. The molecule has 0 saturated heterocycles. The van der Waals surface area contributed by atoms with E-state index in [1.54, 1.807) is 0 Å². The Bertz CT molecular complexity index is 301. The topological polar surface area (TPSA) is 29.0 Å². The molecule has 3 nitrogen and oxygen atoms in total. The number of anilines is 1. The van der Waals surface area contributed by atoms with Crippen molar-refractivity contribution in [2.75, 3.05) is 18.0 Å². The van der Waals surface area contributed by atoms with Gasteiger partial charge in [0.05, 0.1) is 10.7 Å². The van der Waals surface area contributed by atoms with E-state index in [1.807, 2.05) is 25.7 Å². The van der Waals surface area contributed by atoms with Gasteiger partial charge < -0.3 is 4.90 Å². The lowest BCUT2D eigenvalue weighted by Crippen LogP contribution is -2.24. The van der Waals surface area contributed by atoms with Crippen LogP contribution in [0, 0.1) is 6.92 Å². The zero-order valence-electron chi connectivity index (χ0n) is 8.51. The Morgan fingerprint density at radius 2 is 1.71 bits per heavy atom. The highest BCUT2D eigenvalue weighted by atomic mass is 35.5. The monoisotopic (exact) mass is 233 g/mol. The molecular weight excluding hydrogens is 221 g/mol. The highest BCUT2D eigenvalue weighted by Crippen LogP contribution is 2.24. The molecule has 0 aliphatic rings. The summed E-state index contributed by atoms with van der Waals surface area (Å²) in [5.74, 6) is 0.641. The molecule has 0 spiro atoms. The van der Waals surface area contributed by atoms with Crippen molar-refractivity contribution in [1.82, 2.24) is 9.97 Å². The predicted octanol–water partition coefficient (Wildman–Crippen LogP) is 2.94. The Hall–Kier alpha value is -0.540. The van der Waals surface area contributed by atoms with Gasteiger partial charge in [0.25, 0.3) is 0 Å². The third-order valence-corrected chi connectivity index (χ3v) is 2.83. The van der Waals surface area contributed by atoms with E-state index in [4.69, 9.17) is 23.2 Å². The highest BCUT2D eigenvalue weighted by Gasteiger charge is 2.11. The molecule has 0 aliphatic heterocycles. The molecule has 0 unspecified atom stereocenters. The molecule has 0 aromatic carbocycles. The van der Waals surface area contributed by atoms with Crippen LogP contribution in [0.1, 0.15) is 19.5 Å². The minimum absolute atomic E-state index is 0.320. The van der Waals surface area contributed by atoms with Crippen molar-refractivity contribution in [3.8, 4) is 0 Å². The van der Waals surface area contributed by atoms with Crippen molar-refractivity contribution in [2.24, 2.45) is 0 Å². The largest absolute Gasteiger partial charge is 0.341 e. The van der Waals surface area contributed by atoms with Crippen LogP contribution in [0.5, 0.6) is 0 Å². The summed E-state index contributed by atoms with van der Waals surface area (Å²) in [5, 5.41) is 0.753. The Labute approximate surface area is 94.1 Å². The van der Waals surface area contributed by atoms with Gasteiger partial charge in [0, 0.05) is 13.1 Å². The van der Waals surface area contributed by atoms with Crippen LogP contribution in [0.3, 0.4) is 0 Å². The van der Waals surface area contributed by atoms with Crippen LogP contribution in [0.25, 0.3) is 0 Å². The van der Waals surface area contributed by atoms with Gasteiger partial charge in [0.15, 0.2) is 5.15 Å². The van der Waals surface area contributed by atoms with Gasteiger partial charge in [0.1, 0.15) is 0 Å². The van der Waals surface area contributed by atoms with Crippen LogP contribution in [-0.2, 0) is 0 Å². The standard InChI is InChI=1S/C9H13Cl2N3/c1-4-14(5-2)9-12-6(3)7(10)8(11)13-9/h4-5H2,1-3H3. The molecule has 1 aromatic heterocycles. The maximum Gasteiger partial charge on any atom is 0.227 e. The van der Waals surface area contributed by atoms with E-state index in [0.717, 1.165) is 13.1 Å². The molecule has 0 saturated carbocycles. The molecule has 1 rings (SSSR count). The lowest BCUT2D eigenvalue weighted by Gasteiger charge is -2.19. The highest BCUT2D eigenvalue weighted by molar-refractivity contribution is 6.41. The number of rotatable bonds is 3. The average molecular weight is 234 g/mol. The first-order valence-electron chi connectivity index (χ1n) is 4.54. The first-order valence-corrected chi connectivity index (χ1v) is 5.30. The molecule has 0 N–H and O–H groups in total. The van der Waals surface area contributed by atoms with Crippen molar-refractivity contribution in [3.05, 3.63) is 15.9 Å². The lowest BCUT2D eigenvalue weighted by molar-refractivity contribution is 0.816. The fraction of sp³-hybridized carbons (Fsp3) is 0.556. The van der Waals surface area contributed by atoms with Crippen LogP contribution in [0.15, 0.2) is 0 Å². The third-order valence-electron chi connectivity index (χ3n) is 2.01. The van der Waals surface area contributed by atoms with E-state index < -0.39 is 0 Å². The molecular formula is C9H13Cl2N3. The van der Waals surface area contributed by atoms with Crippen LogP contribution in [0.4, 0.5) is 5.95 Å². The minimum Gasteiger partial charge on any atom is -0.341 e. The van der Waals surface area contributed by atoms with Gasteiger partial charge in [-0.2, -0.15) is 4.98 Å². The number of aryl methyl sites for hydroxylation is 1. The molecule has 0 bridgehead atoms. The van der Waals surface area contributed by atoms with Gasteiger partial charge >= 0.3 is 0 Å². The number of aromatic nitrogens is 2.